The Bertz CT molecular complexity index is 1030. The molecule has 3 aromatic rings. The van der Waals surface area contributed by atoms with E-state index in [2.05, 4.69) is 10.5 Å². The van der Waals surface area contributed by atoms with E-state index >= 15 is 0 Å². The van der Waals surface area contributed by atoms with E-state index in [4.69, 9.17) is 8.94 Å². The lowest BCUT2D eigenvalue weighted by Gasteiger charge is -2.18. The van der Waals surface area contributed by atoms with Crippen LogP contribution in [0, 0.1) is 13.8 Å². The molecule has 2 heterocycles. The van der Waals surface area contributed by atoms with Gasteiger partial charge in [0.1, 0.15) is 21.9 Å². The fourth-order valence-electron chi connectivity index (χ4n) is 2.86. The Balaban J connectivity index is 1.69. The molecule has 0 aliphatic heterocycles. The summed E-state index contributed by atoms with van der Waals surface area (Å²) in [5.41, 5.74) is 0.988. The molecule has 3 rings (SSSR count). The number of hydrogen-bond acceptors (Lipinski definition) is 6. The molecule has 0 saturated heterocycles. The molecule has 144 valence electrons. The number of sulfonamides is 1. The molecule has 0 spiro atoms. The van der Waals surface area contributed by atoms with Crippen LogP contribution in [-0.2, 0) is 14.8 Å². The minimum Gasteiger partial charge on any atom is -0.459 e. The summed E-state index contributed by atoms with van der Waals surface area (Å²) in [5, 5.41) is 7.35. The number of aryl methyl sites for hydroxylation is 2. The fraction of sp³-hybridized carbons (Fsp3) is 0.333. The highest BCUT2D eigenvalue weighted by atomic mass is 32.2. The predicted molar refractivity (Wildman–Crippen MR) is 98.6 cm³/mol. The number of carbonyl (C=O) groups is 1. The van der Waals surface area contributed by atoms with E-state index in [0.717, 1.165) is 15.3 Å². The van der Waals surface area contributed by atoms with Crippen molar-refractivity contribution in [1.29, 1.82) is 0 Å². The van der Waals surface area contributed by atoms with E-state index in [0.29, 0.717) is 5.76 Å². The number of carbonyl (C=O) groups excluding carboxylic acids is 1. The number of amides is 1. The zero-order chi connectivity index (χ0) is 19.8. The monoisotopic (exact) mass is 391 g/mol. The molecule has 0 fully saturated rings. The normalized spacial score (nSPS) is 13.2. The first-order valence-corrected chi connectivity index (χ1v) is 9.81. The average Bonchev–Trinajstić information content (AvgIpc) is 3.18. The molecule has 1 amide bonds. The van der Waals surface area contributed by atoms with Gasteiger partial charge >= 0.3 is 0 Å². The molecule has 1 aromatic carbocycles. The second kappa shape index (κ2) is 7.16. The van der Waals surface area contributed by atoms with Gasteiger partial charge in [-0.25, -0.2) is 8.42 Å². The highest BCUT2D eigenvalue weighted by Gasteiger charge is 2.30. The maximum atomic E-state index is 12.7. The number of likely N-dealkylation sites (N-methyl/N-ethyl adjacent to an activating group) is 1. The van der Waals surface area contributed by atoms with E-state index < -0.39 is 22.0 Å². The van der Waals surface area contributed by atoms with Crippen molar-refractivity contribution < 1.29 is 22.2 Å². The molecule has 0 aliphatic carbocycles. The average molecular weight is 391 g/mol. The van der Waals surface area contributed by atoms with Gasteiger partial charge in [-0.1, -0.05) is 23.4 Å². The number of aromatic nitrogens is 1. The van der Waals surface area contributed by atoms with Gasteiger partial charge in [-0.3, -0.25) is 4.79 Å². The Morgan fingerprint density at radius 1 is 1.30 bits per heavy atom. The van der Waals surface area contributed by atoms with Crippen molar-refractivity contribution in [3.05, 3.63) is 47.5 Å². The highest BCUT2D eigenvalue weighted by Crippen LogP contribution is 2.24. The molecule has 0 radical (unpaired) electrons. The lowest BCUT2D eigenvalue weighted by molar-refractivity contribution is -0.121. The Hall–Kier alpha value is -2.65. The van der Waals surface area contributed by atoms with Gasteiger partial charge in [-0.2, -0.15) is 4.31 Å². The standard InChI is InChI=1S/C18H21N3O5S/c1-11(16-9-14-7-5-6-8-15(14)25-16)19-17(22)10-21(4)27(23,24)18-12(2)20-26-13(18)3/h5-9,11H,10H2,1-4H3,(H,19,22)/t11-/m0/s1. The number of hydrogen-bond donors (Lipinski definition) is 1. The number of nitrogens with zero attached hydrogens (tertiary/aromatic N) is 2. The summed E-state index contributed by atoms with van der Waals surface area (Å²) < 4.78 is 37.0. The number of benzene rings is 1. The van der Waals surface area contributed by atoms with E-state index in [-0.39, 0.29) is 22.9 Å². The maximum Gasteiger partial charge on any atom is 0.248 e. The summed E-state index contributed by atoms with van der Waals surface area (Å²) in [5.74, 6) is 0.344. The first-order valence-electron chi connectivity index (χ1n) is 8.37. The number of furan rings is 1. The molecular formula is C18H21N3O5S. The van der Waals surface area contributed by atoms with Gasteiger partial charge in [-0.15, -0.1) is 0 Å². The van der Waals surface area contributed by atoms with Crippen LogP contribution in [0.3, 0.4) is 0 Å². The molecule has 0 aliphatic rings. The fourth-order valence-corrected chi connectivity index (χ4v) is 4.27. The lowest BCUT2D eigenvalue weighted by atomic mass is 10.2. The molecular weight excluding hydrogens is 370 g/mol. The Kier molecular flexibility index (Phi) is 5.07. The molecule has 8 nitrogen and oxygen atoms in total. The van der Waals surface area contributed by atoms with Crippen LogP contribution in [0.2, 0.25) is 0 Å². The summed E-state index contributed by atoms with van der Waals surface area (Å²) in [6.07, 6.45) is 0. The Morgan fingerprint density at radius 3 is 2.63 bits per heavy atom. The van der Waals surface area contributed by atoms with E-state index in [1.807, 2.05) is 30.3 Å². The van der Waals surface area contributed by atoms with Crippen molar-refractivity contribution >= 4 is 26.9 Å². The molecule has 0 bridgehead atoms. The second-order valence-corrected chi connectivity index (χ2v) is 8.37. The van der Waals surface area contributed by atoms with Gasteiger partial charge in [0, 0.05) is 12.4 Å². The van der Waals surface area contributed by atoms with Crippen LogP contribution < -0.4 is 5.32 Å². The van der Waals surface area contributed by atoms with Crippen molar-refractivity contribution in [2.75, 3.05) is 13.6 Å². The third kappa shape index (κ3) is 3.74. The third-order valence-electron chi connectivity index (χ3n) is 4.25. The number of nitrogens with one attached hydrogen (secondary N) is 1. The van der Waals surface area contributed by atoms with Crippen molar-refractivity contribution in [1.82, 2.24) is 14.8 Å². The topological polar surface area (TPSA) is 106 Å². The first kappa shape index (κ1) is 19.1. The van der Waals surface area contributed by atoms with Gasteiger partial charge in [0.25, 0.3) is 0 Å². The van der Waals surface area contributed by atoms with Gasteiger partial charge in [-0.05, 0) is 32.9 Å². The molecule has 1 N–H and O–H groups in total. The summed E-state index contributed by atoms with van der Waals surface area (Å²) in [4.78, 5) is 12.3. The molecule has 9 heteroatoms. The van der Waals surface area contributed by atoms with Gasteiger partial charge in [0.05, 0.1) is 12.6 Å². The second-order valence-electron chi connectivity index (χ2n) is 6.39. The first-order chi connectivity index (χ1) is 12.7. The van der Waals surface area contributed by atoms with Crippen molar-refractivity contribution in [2.24, 2.45) is 0 Å². The van der Waals surface area contributed by atoms with E-state index in [9.17, 15) is 13.2 Å². The van der Waals surface area contributed by atoms with Crippen LogP contribution in [-0.4, -0.2) is 37.4 Å². The Morgan fingerprint density at radius 2 is 2.00 bits per heavy atom. The van der Waals surface area contributed by atoms with Crippen LogP contribution in [0.15, 0.2) is 44.2 Å². The maximum absolute atomic E-state index is 12.7. The summed E-state index contributed by atoms with van der Waals surface area (Å²) >= 11 is 0. The molecule has 0 unspecified atom stereocenters. The molecule has 1 atom stereocenters. The minimum atomic E-state index is -3.88. The van der Waals surface area contributed by atoms with Crippen LogP contribution in [0.1, 0.15) is 30.2 Å². The van der Waals surface area contributed by atoms with Crippen molar-refractivity contribution in [2.45, 2.75) is 31.7 Å². The largest absolute Gasteiger partial charge is 0.459 e. The number of para-hydroxylation sites is 1. The summed E-state index contributed by atoms with van der Waals surface area (Å²) in [6.45, 7) is 4.50. The lowest BCUT2D eigenvalue weighted by Crippen LogP contribution is -2.39. The van der Waals surface area contributed by atoms with Crippen LogP contribution in [0.4, 0.5) is 0 Å². The zero-order valence-electron chi connectivity index (χ0n) is 15.5. The molecule has 27 heavy (non-hydrogen) atoms. The quantitative estimate of drug-likeness (QED) is 0.692. The van der Waals surface area contributed by atoms with E-state index in [1.165, 1.54) is 14.0 Å². The van der Waals surface area contributed by atoms with Crippen molar-refractivity contribution in [3.8, 4) is 0 Å². The number of fused-ring (bicyclic) bond motifs is 1. The minimum absolute atomic E-state index is 0.0110. The third-order valence-corrected chi connectivity index (χ3v) is 6.30. The molecule has 0 saturated carbocycles. The summed E-state index contributed by atoms with van der Waals surface area (Å²) in [6, 6.07) is 8.98. The highest BCUT2D eigenvalue weighted by molar-refractivity contribution is 7.89. The SMILES string of the molecule is Cc1noc(C)c1S(=O)(=O)N(C)CC(=O)N[C@@H](C)c1cc2ccccc2o1. The predicted octanol–water partition coefficient (Wildman–Crippen LogP) is 2.54. The summed E-state index contributed by atoms with van der Waals surface area (Å²) in [7, 11) is -2.54. The smallest absolute Gasteiger partial charge is 0.248 e. The molecule has 2 aromatic heterocycles. The van der Waals surface area contributed by atoms with E-state index in [1.54, 1.807) is 13.8 Å². The number of rotatable bonds is 6. The zero-order valence-corrected chi connectivity index (χ0v) is 16.3. The Labute approximate surface area is 157 Å². The van der Waals surface area contributed by atoms with Crippen LogP contribution in [0.25, 0.3) is 11.0 Å². The van der Waals surface area contributed by atoms with Crippen molar-refractivity contribution in [3.63, 3.8) is 0 Å². The van der Waals surface area contributed by atoms with Crippen LogP contribution >= 0.6 is 0 Å². The van der Waals surface area contributed by atoms with Gasteiger partial charge < -0.3 is 14.3 Å². The van der Waals surface area contributed by atoms with Gasteiger partial charge in [0.15, 0.2) is 5.76 Å². The van der Waals surface area contributed by atoms with Crippen LogP contribution in [0.5, 0.6) is 0 Å². The van der Waals surface area contributed by atoms with Gasteiger partial charge in [0.2, 0.25) is 15.9 Å².